The van der Waals surface area contributed by atoms with Crippen molar-refractivity contribution >= 4 is 23.3 Å². The number of hydrogen-bond acceptors (Lipinski definition) is 6. The largest absolute Gasteiger partial charge is 0.357 e. The molecule has 2 aromatic heterocycles. The lowest BCUT2D eigenvalue weighted by molar-refractivity contribution is 0.0946. The third-order valence-electron chi connectivity index (χ3n) is 4.30. The molecule has 0 bridgehead atoms. The van der Waals surface area contributed by atoms with E-state index in [2.05, 4.69) is 25.3 Å². The zero-order valence-electron chi connectivity index (χ0n) is 13.2. The van der Waals surface area contributed by atoms with Gasteiger partial charge in [0.1, 0.15) is 11.0 Å². The molecule has 0 unspecified atom stereocenters. The number of carbonyl (C=O) groups excluding carboxylic acids is 1. The van der Waals surface area contributed by atoms with E-state index in [1.54, 1.807) is 12.1 Å². The SMILES string of the molecule is O=C(NCc1nc(C2CC2)no1)c1cc(Cl)nc(N2CCCC2)c1. The molecule has 0 radical (unpaired) electrons. The molecule has 1 saturated carbocycles. The van der Waals surface area contributed by atoms with Crippen molar-refractivity contribution in [3.8, 4) is 0 Å². The van der Waals surface area contributed by atoms with Gasteiger partial charge in [-0.25, -0.2) is 4.98 Å². The number of rotatable bonds is 5. The molecule has 1 saturated heterocycles. The Morgan fingerprint density at radius 2 is 2.08 bits per heavy atom. The zero-order chi connectivity index (χ0) is 16.5. The molecule has 3 heterocycles. The Labute approximate surface area is 144 Å². The molecule has 2 aliphatic rings. The minimum Gasteiger partial charge on any atom is -0.357 e. The van der Waals surface area contributed by atoms with E-state index in [0.717, 1.165) is 50.4 Å². The summed E-state index contributed by atoms with van der Waals surface area (Å²) in [6, 6.07) is 3.34. The van der Waals surface area contributed by atoms with Crippen LogP contribution in [-0.2, 0) is 6.54 Å². The molecular weight excluding hydrogens is 330 g/mol. The summed E-state index contributed by atoms with van der Waals surface area (Å²) >= 11 is 6.08. The average Bonchev–Trinajstić information content (AvgIpc) is 3.10. The Balaban J connectivity index is 1.42. The number of amides is 1. The lowest BCUT2D eigenvalue weighted by Gasteiger charge is -2.17. The minimum absolute atomic E-state index is 0.206. The maximum Gasteiger partial charge on any atom is 0.251 e. The molecule has 0 spiro atoms. The van der Waals surface area contributed by atoms with Crippen molar-refractivity contribution < 1.29 is 9.32 Å². The highest BCUT2D eigenvalue weighted by Gasteiger charge is 2.28. The number of carbonyl (C=O) groups is 1. The van der Waals surface area contributed by atoms with Crippen molar-refractivity contribution in [1.82, 2.24) is 20.4 Å². The summed E-state index contributed by atoms with van der Waals surface area (Å²) in [6.07, 6.45) is 4.49. The van der Waals surface area contributed by atoms with Gasteiger partial charge in [0.25, 0.3) is 5.91 Å². The average molecular weight is 348 g/mol. The van der Waals surface area contributed by atoms with E-state index in [4.69, 9.17) is 16.1 Å². The summed E-state index contributed by atoms with van der Waals surface area (Å²) in [5, 5.41) is 7.04. The van der Waals surface area contributed by atoms with Crippen molar-refractivity contribution in [2.24, 2.45) is 0 Å². The first-order valence-corrected chi connectivity index (χ1v) is 8.60. The molecule has 4 rings (SSSR count). The van der Waals surface area contributed by atoms with Gasteiger partial charge in [-0.1, -0.05) is 16.8 Å². The molecule has 24 heavy (non-hydrogen) atoms. The van der Waals surface area contributed by atoms with Crippen molar-refractivity contribution in [1.29, 1.82) is 0 Å². The van der Waals surface area contributed by atoms with E-state index in [0.29, 0.717) is 22.5 Å². The molecule has 1 aliphatic heterocycles. The number of halogens is 1. The monoisotopic (exact) mass is 347 g/mol. The maximum atomic E-state index is 12.4. The lowest BCUT2D eigenvalue weighted by atomic mass is 10.2. The van der Waals surface area contributed by atoms with Crippen LogP contribution in [0.25, 0.3) is 0 Å². The first-order valence-electron chi connectivity index (χ1n) is 8.22. The number of pyridine rings is 1. The van der Waals surface area contributed by atoms with E-state index in [1.807, 2.05) is 0 Å². The Bertz CT molecular complexity index is 753. The second-order valence-corrected chi connectivity index (χ2v) is 6.62. The summed E-state index contributed by atoms with van der Waals surface area (Å²) < 4.78 is 5.16. The van der Waals surface area contributed by atoms with Crippen molar-refractivity contribution in [2.75, 3.05) is 18.0 Å². The van der Waals surface area contributed by atoms with E-state index in [1.165, 1.54) is 0 Å². The highest BCUT2D eigenvalue weighted by Crippen LogP contribution is 2.38. The number of nitrogens with zero attached hydrogens (tertiary/aromatic N) is 4. The Kier molecular flexibility index (Phi) is 4.10. The molecular formula is C16H18ClN5O2. The third kappa shape index (κ3) is 3.36. The van der Waals surface area contributed by atoms with Crippen molar-refractivity contribution in [2.45, 2.75) is 38.1 Å². The Morgan fingerprint density at radius 1 is 1.29 bits per heavy atom. The molecule has 0 aromatic carbocycles. The summed E-state index contributed by atoms with van der Waals surface area (Å²) in [5.74, 6) is 2.11. The molecule has 7 nitrogen and oxygen atoms in total. The van der Waals surface area contributed by atoms with E-state index < -0.39 is 0 Å². The van der Waals surface area contributed by atoms with Gasteiger partial charge in [0.2, 0.25) is 5.89 Å². The van der Waals surface area contributed by atoms with Crippen LogP contribution in [0.4, 0.5) is 5.82 Å². The van der Waals surface area contributed by atoms with Gasteiger partial charge in [-0.2, -0.15) is 4.98 Å². The first-order chi connectivity index (χ1) is 11.7. The predicted molar refractivity (Wildman–Crippen MR) is 88.1 cm³/mol. The maximum absolute atomic E-state index is 12.4. The molecule has 2 aromatic rings. The summed E-state index contributed by atoms with van der Waals surface area (Å²) in [5.41, 5.74) is 0.485. The van der Waals surface area contributed by atoms with Crippen LogP contribution in [0.1, 0.15) is 53.7 Å². The van der Waals surface area contributed by atoms with E-state index in [-0.39, 0.29) is 12.5 Å². The highest BCUT2D eigenvalue weighted by molar-refractivity contribution is 6.29. The third-order valence-corrected chi connectivity index (χ3v) is 4.49. The Hall–Kier alpha value is -2.15. The standard InChI is InChI=1S/C16H18ClN5O2/c17-12-7-11(8-13(19-12)22-5-1-2-6-22)16(23)18-9-14-20-15(21-24-14)10-3-4-10/h7-8,10H,1-6,9H2,(H,18,23). The number of hydrogen-bond donors (Lipinski definition) is 1. The van der Waals surface area contributed by atoms with Crippen molar-refractivity contribution in [3.63, 3.8) is 0 Å². The van der Waals surface area contributed by atoms with Gasteiger partial charge in [-0.3, -0.25) is 4.79 Å². The molecule has 126 valence electrons. The van der Waals surface area contributed by atoms with Gasteiger partial charge in [0.15, 0.2) is 5.82 Å². The molecule has 1 N–H and O–H groups in total. The van der Waals surface area contributed by atoms with Crippen LogP contribution in [0.2, 0.25) is 5.15 Å². The van der Waals surface area contributed by atoms with Crippen molar-refractivity contribution in [3.05, 3.63) is 34.6 Å². The van der Waals surface area contributed by atoms with Gasteiger partial charge in [-0.15, -0.1) is 0 Å². The number of anilines is 1. The lowest BCUT2D eigenvalue weighted by Crippen LogP contribution is -2.24. The summed E-state index contributed by atoms with van der Waals surface area (Å²) in [7, 11) is 0. The summed E-state index contributed by atoms with van der Waals surface area (Å²) in [6.45, 7) is 2.10. The molecule has 2 fully saturated rings. The summed E-state index contributed by atoms with van der Waals surface area (Å²) in [4.78, 5) is 23.1. The Morgan fingerprint density at radius 3 is 2.83 bits per heavy atom. The van der Waals surface area contributed by atoms with Crippen LogP contribution in [0.15, 0.2) is 16.7 Å². The second kappa shape index (κ2) is 6.39. The van der Waals surface area contributed by atoms with E-state index in [9.17, 15) is 4.79 Å². The molecule has 1 aliphatic carbocycles. The quantitative estimate of drug-likeness (QED) is 0.837. The van der Waals surface area contributed by atoms with E-state index >= 15 is 0 Å². The van der Waals surface area contributed by atoms with Gasteiger partial charge in [0, 0.05) is 24.6 Å². The second-order valence-electron chi connectivity index (χ2n) is 6.23. The fourth-order valence-corrected chi connectivity index (χ4v) is 3.03. The van der Waals surface area contributed by atoms with Crippen LogP contribution in [0.5, 0.6) is 0 Å². The highest BCUT2D eigenvalue weighted by atomic mass is 35.5. The minimum atomic E-state index is -0.231. The van der Waals surface area contributed by atoms with Crippen LogP contribution < -0.4 is 10.2 Å². The normalized spacial score (nSPS) is 17.3. The number of nitrogens with one attached hydrogen (secondary N) is 1. The molecule has 0 atom stereocenters. The number of aromatic nitrogens is 3. The topological polar surface area (TPSA) is 84.2 Å². The van der Waals surface area contributed by atoms with Gasteiger partial charge < -0.3 is 14.7 Å². The first kappa shape index (κ1) is 15.4. The van der Waals surface area contributed by atoms with Crippen LogP contribution in [-0.4, -0.2) is 34.1 Å². The van der Waals surface area contributed by atoms with Crippen LogP contribution >= 0.6 is 11.6 Å². The smallest absolute Gasteiger partial charge is 0.251 e. The van der Waals surface area contributed by atoms with Gasteiger partial charge in [-0.05, 0) is 37.8 Å². The van der Waals surface area contributed by atoms with Crippen LogP contribution in [0, 0.1) is 0 Å². The fraction of sp³-hybridized carbons (Fsp3) is 0.500. The predicted octanol–water partition coefficient (Wildman–Crippen LogP) is 2.53. The van der Waals surface area contributed by atoms with Gasteiger partial charge in [0.05, 0.1) is 6.54 Å². The van der Waals surface area contributed by atoms with Crippen LogP contribution in [0.3, 0.4) is 0 Å². The molecule has 8 heteroatoms. The molecule has 1 amide bonds. The van der Waals surface area contributed by atoms with Gasteiger partial charge >= 0.3 is 0 Å². The fourth-order valence-electron chi connectivity index (χ4n) is 2.83. The zero-order valence-corrected chi connectivity index (χ0v) is 13.9.